The fourth-order valence-corrected chi connectivity index (χ4v) is 3.02. The Morgan fingerprint density at radius 3 is 2.94 bits per heavy atom. The van der Waals surface area contributed by atoms with Gasteiger partial charge in [0, 0.05) is 24.1 Å². The lowest BCUT2D eigenvalue weighted by atomic mass is 10.3. The summed E-state index contributed by atoms with van der Waals surface area (Å²) < 4.78 is 5.30. The summed E-state index contributed by atoms with van der Waals surface area (Å²) in [6.45, 7) is 6.52. The number of hydrogen-bond acceptors (Lipinski definition) is 7. The number of nitrogens with zero attached hydrogens (tertiary/aromatic N) is 4. The van der Waals surface area contributed by atoms with Crippen molar-refractivity contribution >= 4 is 23.7 Å². The topological polar surface area (TPSA) is 77.2 Å². The molecule has 1 aliphatic heterocycles. The maximum absolute atomic E-state index is 5.69. The van der Waals surface area contributed by atoms with Crippen molar-refractivity contribution in [2.75, 3.05) is 36.1 Å². The zero-order valence-corrected chi connectivity index (χ0v) is 11.6. The van der Waals surface area contributed by atoms with Crippen molar-refractivity contribution < 1.29 is 4.74 Å². The second-order valence-corrected chi connectivity index (χ2v) is 5.46. The normalized spacial score (nSPS) is 19.9. The molecule has 1 aliphatic rings. The molecule has 100 valence electrons. The number of thioether (sulfide) groups is 1. The van der Waals surface area contributed by atoms with Crippen molar-refractivity contribution in [3.05, 3.63) is 0 Å². The zero-order chi connectivity index (χ0) is 13.0. The van der Waals surface area contributed by atoms with Gasteiger partial charge in [-0.1, -0.05) is 6.92 Å². The van der Waals surface area contributed by atoms with Crippen LogP contribution in [0.3, 0.4) is 0 Å². The molecule has 2 N–H and O–H groups in total. The molecule has 0 amide bonds. The Morgan fingerprint density at radius 1 is 1.39 bits per heavy atom. The molecule has 1 unspecified atom stereocenters. The average molecular weight is 269 g/mol. The van der Waals surface area contributed by atoms with Crippen LogP contribution in [-0.2, 0) is 0 Å². The molecule has 0 aromatic carbocycles. The van der Waals surface area contributed by atoms with Gasteiger partial charge in [-0.3, -0.25) is 0 Å². The Labute approximate surface area is 111 Å². The Hall–Kier alpha value is -1.24. The van der Waals surface area contributed by atoms with Crippen molar-refractivity contribution in [2.45, 2.75) is 25.5 Å². The Morgan fingerprint density at radius 2 is 2.22 bits per heavy atom. The van der Waals surface area contributed by atoms with Gasteiger partial charge in [-0.25, -0.2) is 0 Å². The third kappa shape index (κ3) is 3.16. The smallest absolute Gasteiger partial charge is 0.323 e. The molecule has 18 heavy (non-hydrogen) atoms. The van der Waals surface area contributed by atoms with Gasteiger partial charge in [-0.05, 0) is 13.3 Å². The zero-order valence-electron chi connectivity index (χ0n) is 10.8. The van der Waals surface area contributed by atoms with Gasteiger partial charge in [0.1, 0.15) is 0 Å². The minimum absolute atomic E-state index is 0.217. The summed E-state index contributed by atoms with van der Waals surface area (Å²) in [4.78, 5) is 14.6. The first-order chi connectivity index (χ1) is 8.72. The summed E-state index contributed by atoms with van der Waals surface area (Å²) in [5, 5.41) is 0.632. The lowest BCUT2D eigenvalue weighted by molar-refractivity contribution is 0.312. The average Bonchev–Trinajstić information content (AvgIpc) is 2.38. The maximum atomic E-state index is 5.69. The standard InChI is InChI=1S/C11H19N5OS/c1-3-8-7-16(5-6-18-8)10-13-9(12)14-11(15-10)17-4-2/h8H,3-7H2,1-2H3,(H2,12,13,14,15). The highest BCUT2D eigenvalue weighted by molar-refractivity contribution is 8.00. The SMILES string of the molecule is CCOc1nc(N)nc(N2CCSC(CC)C2)n1. The predicted octanol–water partition coefficient (Wildman–Crippen LogP) is 1.18. The first-order valence-electron chi connectivity index (χ1n) is 6.23. The lowest BCUT2D eigenvalue weighted by Crippen LogP contribution is -2.38. The Kier molecular flexibility index (Phi) is 4.46. The van der Waals surface area contributed by atoms with E-state index in [0.717, 1.165) is 25.3 Å². The maximum Gasteiger partial charge on any atom is 0.323 e. The molecular weight excluding hydrogens is 250 g/mol. The van der Waals surface area contributed by atoms with E-state index in [9.17, 15) is 0 Å². The number of anilines is 2. The molecule has 2 rings (SSSR count). The molecule has 1 aromatic rings. The Bertz CT molecular complexity index is 403. The molecule has 0 aliphatic carbocycles. The third-order valence-corrected chi connectivity index (χ3v) is 4.14. The fourth-order valence-electron chi connectivity index (χ4n) is 1.84. The lowest BCUT2D eigenvalue weighted by Gasteiger charge is -2.31. The first-order valence-corrected chi connectivity index (χ1v) is 7.28. The molecule has 0 saturated carbocycles. The second-order valence-electron chi connectivity index (χ2n) is 4.06. The predicted molar refractivity (Wildman–Crippen MR) is 74.2 cm³/mol. The summed E-state index contributed by atoms with van der Waals surface area (Å²) in [5.41, 5.74) is 5.69. The first kappa shape index (κ1) is 13.2. The van der Waals surface area contributed by atoms with Gasteiger partial charge < -0.3 is 15.4 Å². The number of rotatable bonds is 4. The van der Waals surface area contributed by atoms with Crippen LogP contribution in [0, 0.1) is 0 Å². The summed E-state index contributed by atoms with van der Waals surface area (Å²) in [7, 11) is 0. The highest BCUT2D eigenvalue weighted by Crippen LogP contribution is 2.24. The monoisotopic (exact) mass is 269 g/mol. The van der Waals surface area contributed by atoms with Crippen molar-refractivity contribution in [1.82, 2.24) is 15.0 Å². The molecule has 1 fully saturated rings. The number of hydrogen-bond donors (Lipinski definition) is 1. The van der Waals surface area contributed by atoms with E-state index >= 15 is 0 Å². The third-order valence-electron chi connectivity index (χ3n) is 2.77. The van der Waals surface area contributed by atoms with E-state index in [-0.39, 0.29) is 5.95 Å². The van der Waals surface area contributed by atoms with Gasteiger partial charge in [0.25, 0.3) is 0 Å². The molecule has 6 nitrogen and oxygen atoms in total. The van der Waals surface area contributed by atoms with E-state index in [1.54, 1.807) is 0 Å². The van der Waals surface area contributed by atoms with E-state index in [1.165, 1.54) is 0 Å². The van der Waals surface area contributed by atoms with Crippen LogP contribution in [0.2, 0.25) is 0 Å². The van der Waals surface area contributed by atoms with Crippen LogP contribution in [0.25, 0.3) is 0 Å². The van der Waals surface area contributed by atoms with Crippen LogP contribution in [0.1, 0.15) is 20.3 Å². The fraction of sp³-hybridized carbons (Fsp3) is 0.727. The van der Waals surface area contributed by atoms with E-state index in [0.29, 0.717) is 23.8 Å². The number of nitrogen functional groups attached to an aromatic ring is 1. The number of aromatic nitrogens is 3. The minimum Gasteiger partial charge on any atom is -0.464 e. The number of nitrogens with two attached hydrogens (primary N) is 1. The van der Waals surface area contributed by atoms with E-state index in [1.807, 2.05) is 18.7 Å². The van der Waals surface area contributed by atoms with Crippen LogP contribution in [0.4, 0.5) is 11.9 Å². The summed E-state index contributed by atoms with van der Waals surface area (Å²) in [6.07, 6.45) is 1.15. The summed E-state index contributed by atoms with van der Waals surface area (Å²) >= 11 is 2.00. The molecule has 0 bridgehead atoms. The van der Waals surface area contributed by atoms with E-state index in [4.69, 9.17) is 10.5 Å². The van der Waals surface area contributed by atoms with Gasteiger partial charge >= 0.3 is 6.01 Å². The molecular formula is C11H19N5OS. The molecule has 1 aromatic heterocycles. The molecule has 0 spiro atoms. The Balaban J connectivity index is 2.16. The van der Waals surface area contributed by atoms with E-state index < -0.39 is 0 Å². The highest BCUT2D eigenvalue weighted by atomic mass is 32.2. The van der Waals surface area contributed by atoms with Crippen LogP contribution in [-0.4, -0.2) is 45.7 Å². The van der Waals surface area contributed by atoms with Gasteiger partial charge in [0.05, 0.1) is 6.61 Å². The largest absolute Gasteiger partial charge is 0.464 e. The van der Waals surface area contributed by atoms with Gasteiger partial charge in [0.15, 0.2) is 0 Å². The molecule has 2 heterocycles. The molecule has 1 atom stereocenters. The van der Waals surface area contributed by atoms with Crippen molar-refractivity contribution in [3.8, 4) is 6.01 Å². The quantitative estimate of drug-likeness (QED) is 0.879. The number of ether oxygens (including phenoxy) is 1. The van der Waals surface area contributed by atoms with Crippen LogP contribution >= 0.6 is 11.8 Å². The van der Waals surface area contributed by atoms with Gasteiger partial charge in [-0.2, -0.15) is 26.7 Å². The van der Waals surface area contributed by atoms with Crippen molar-refractivity contribution in [3.63, 3.8) is 0 Å². The van der Waals surface area contributed by atoms with Crippen molar-refractivity contribution in [2.24, 2.45) is 0 Å². The van der Waals surface area contributed by atoms with Crippen LogP contribution in [0.5, 0.6) is 6.01 Å². The van der Waals surface area contributed by atoms with E-state index in [2.05, 4.69) is 26.8 Å². The summed E-state index contributed by atoms with van der Waals surface area (Å²) in [5.74, 6) is 1.94. The minimum atomic E-state index is 0.217. The van der Waals surface area contributed by atoms with Crippen LogP contribution < -0.4 is 15.4 Å². The van der Waals surface area contributed by atoms with Gasteiger partial charge in [-0.15, -0.1) is 0 Å². The van der Waals surface area contributed by atoms with Crippen LogP contribution in [0.15, 0.2) is 0 Å². The second kappa shape index (κ2) is 6.08. The highest BCUT2D eigenvalue weighted by Gasteiger charge is 2.22. The molecule has 1 saturated heterocycles. The van der Waals surface area contributed by atoms with Crippen molar-refractivity contribution in [1.29, 1.82) is 0 Å². The molecule has 7 heteroatoms. The summed E-state index contributed by atoms with van der Waals surface area (Å²) in [6, 6.07) is 0.311. The molecule has 0 radical (unpaired) electrons. The van der Waals surface area contributed by atoms with Gasteiger partial charge in [0.2, 0.25) is 11.9 Å².